The molecule has 2 N–H and O–H groups in total. The van der Waals surface area contributed by atoms with Crippen molar-refractivity contribution in [3.8, 4) is 5.75 Å². The van der Waals surface area contributed by atoms with E-state index in [4.69, 9.17) is 15.6 Å². The summed E-state index contributed by atoms with van der Waals surface area (Å²) in [6.45, 7) is 5.55. The summed E-state index contributed by atoms with van der Waals surface area (Å²) in [5.74, 6) is -1.53. The molecule has 2 aromatic rings. The number of ether oxygens (including phenoxy) is 2. The minimum atomic E-state index is -0.951. The zero-order valence-corrected chi connectivity index (χ0v) is 18.5. The Kier molecular flexibility index (Phi) is 8.08. The molecule has 3 rings (SSSR count). The van der Waals surface area contributed by atoms with E-state index in [1.54, 1.807) is 0 Å². The minimum absolute atomic E-state index is 0.0746. The summed E-state index contributed by atoms with van der Waals surface area (Å²) >= 11 is 0. The number of anilines is 1. The van der Waals surface area contributed by atoms with Crippen LogP contribution in [0.3, 0.4) is 0 Å². The molecule has 1 aliphatic heterocycles. The van der Waals surface area contributed by atoms with E-state index in [9.17, 15) is 8.78 Å². The Hall–Kier alpha value is -3.10. The van der Waals surface area contributed by atoms with Gasteiger partial charge in [-0.2, -0.15) is 0 Å². The van der Waals surface area contributed by atoms with E-state index in [0.717, 1.165) is 68.8 Å². The molecule has 0 unspecified atom stereocenters. The Morgan fingerprint density at radius 1 is 1.12 bits per heavy atom. The van der Waals surface area contributed by atoms with E-state index in [2.05, 4.69) is 26.5 Å². The molecule has 0 amide bonds. The third-order valence-electron chi connectivity index (χ3n) is 5.52. The van der Waals surface area contributed by atoms with Crippen molar-refractivity contribution >= 4 is 17.7 Å². The van der Waals surface area contributed by atoms with Gasteiger partial charge < -0.3 is 14.4 Å². The second-order valence-electron chi connectivity index (χ2n) is 7.92. The van der Waals surface area contributed by atoms with Crippen LogP contribution in [0.5, 0.6) is 5.75 Å². The van der Waals surface area contributed by atoms with Gasteiger partial charge in [0.25, 0.3) is 0 Å². The second kappa shape index (κ2) is 11.0. The van der Waals surface area contributed by atoms with Crippen LogP contribution in [0.25, 0.3) is 0 Å². The molecule has 0 saturated carbocycles. The van der Waals surface area contributed by atoms with Gasteiger partial charge in [0.05, 0.1) is 6.61 Å². The van der Waals surface area contributed by atoms with Crippen LogP contribution in [0.2, 0.25) is 0 Å². The van der Waals surface area contributed by atoms with E-state index in [1.807, 2.05) is 12.4 Å². The summed E-state index contributed by atoms with van der Waals surface area (Å²) in [6.07, 6.45) is 8.55. The molecule has 32 heavy (non-hydrogen) atoms. The molecule has 0 spiro atoms. The van der Waals surface area contributed by atoms with E-state index in [1.165, 1.54) is 6.92 Å². The lowest BCUT2D eigenvalue weighted by molar-refractivity contribution is 0.277. The summed E-state index contributed by atoms with van der Waals surface area (Å²) in [4.78, 5) is 11.1. The van der Waals surface area contributed by atoms with Crippen molar-refractivity contribution in [1.29, 1.82) is 10.8 Å². The van der Waals surface area contributed by atoms with Crippen molar-refractivity contribution in [1.82, 2.24) is 9.97 Å². The molecule has 7 nitrogen and oxygen atoms in total. The summed E-state index contributed by atoms with van der Waals surface area (Å²) in [7, 11) is 0. The van der Waals surface area contributed by atoms with E-state index >= 15 is 0 Å². The monoisotopic (exact) mass is 445 g/mol. The normalized spacial score (nSPS) is 14.3. The summed E-state index contributed by atoms with van der Waals surface area (Å²) in [5.41, 5.74) is 0.523. The van der Waals surface area contributed by atoms with Crippen molar-refractivity contribution in [3.05, 3.63) is 47.3 Å². The predicted octanol–water partition coefficient (Wildman–Crippen LogP) is 4.73. The van der Waals surface area contributed by atoms with Gasteiger partial charge in [0.15, 0.2) is 5.90 Å². The smallest absolute Gasteiger partial charge is 0.226 e. The fourth-order valence-corrected chi connectivity index (χ4v) is 3.73. The number of aromatic nitrogens is 2. The van der Waals surface area contributed by atoms with Gasteiger partial charge in [-0.15, -0.1) is 0 Å². The van der Waals surface area contributed by atoms with Gasteiger partial charge in [0.2, 0.25) is 11.8 Å². The molecule has 1 fully saturated rings. The van der Waals surface area contributed by atoms with Crippen molar-refractivity contribution < 1.29 is 18.3 Å². The Morgan fingerprint density at radius 3 is 2.31 bits per heavy atom. The molecule has 0 aliphatic carbocycles. The molecule has 0 bridgehead atoms. The van der Waals surface area contributed by atoms with Gasteiger partial charge >= 0.3 is 0 Å². The summed E-state index contributed by atoms with van der Waals surface area (Å²) < 4.78 is 38.6. The van der Waals surface area contributed by atoms with Crippen molar-refractivity contribution in [3.63, 3.8) is 0 Å². The Balaban J connectivity index is 1.42. The highest BCUT2D eigenvalue weighted by molar-refractivity contribution is 5.99. The quantitative estimate of drug-likeness (QED) is 0.348. The third-order valence-corrected chi connectivity index (χ3v) is 5.52. The highest BCUT2D eigenvalue weighted by Crippen LogP contribution is 2.25. The van der Waals surface area contributed by atoms with E-state index in [0.29, 0.717) is 12.5 Å². The van der Waals surface area contributed by atoms with Crippen LogP contribution in [0.15, 0.2) is 24.5 Å². The summed E-state index contributed by atoms with van der Waals surface area (Å²) in [6, 6.07) is 2.08. The molecule has 1 saturated heterocycles. The molecule has 9 heteroatoms. The number of aryl methyl sites for hydroxylation is 1. The maximum Gasteiger partial charge on any atom is 0.226 e. The maximum absolute atomic E-state index is 14.2. The molecule has 0 atom stereocenters. The highest BCUT2D eigenvalue weighted by atomic mass is 19.1. The standard InChI is InChI=1S/C23H29F2N5O2/c1-3-16-13-28-23(29-14-16)30-8-6-17(7-9-30)5-4-10-31-18-11-19(24)21(20(25)12-18)22(27)32-15(2)26/h11-14,17,26-27H,3-10H2,1-2H3. The molecule has 1 aliphatic rings. The number of hydrogen-bond acceptors (Lipinski definition) is 7. The number of hydrogen-bond donors (Lipinski definition) is 2. The number of nitrogens with one attached hydrogen (secondary N) is 2. The van der Waals surface area contributed by atoms with Crippen LogP contribution >= 0.6 is 0 Å². The number of nitrogens with zero attached hydrogens (tertiary/aromatic N) is 3. The van der Waals surface area contributed by atoms with Gasteiger partial charge in [-0.1, -0.05) is 6.92 Å². The lowest BCUT2D eigenvalue weighted by Gasteiger charge is -2.32. The van der Waals surface area contributed by atoms with Crippen LogP contribution in [0, 0.1) is 28.4 Å². The largest absolute Gasteiger partial charge is 0.493 e. The molecule has 172 valence electrons. The lowest BCUT2D eigenvalue weighted by atomic mass is 9.92. The fourth-order valence-electron chi connectivity index (χ4n) is 3.73. The number of halogens is 2. The number of piperidine rings is 1. The fraction of sp³-hybridized carbons (Fsp3) is 0.478. The van der Waals surface area contributed by atoms with Gasteiger partial charge in [0.1, 0.15) is 22.9 Å². The van der Waals surface area contributed by atoms with Crippen LogP contribution < -0.4 is 9.64 Å². The average molecular weight is 446 g/mol. The first-order valence-electron chi connectivity index (χ1n) is 10.9. The molecule has 1 aromatic carbocycles. The van der Waals surface area contributed by atoms with E-state index < -0.39 is 23.1 Å². The van der Waals surface area contributed by atoms with Crippen molar-refractivity contribution in [2.75, 3.05) is 24.6 Å². The van der Waals surface area contributed by atoms with Gasteiger partial charge in [-0.3, -0.25) is 10.8 Å². The maximum atomic E-state index is 14.2. The zero-order chi connectivity index (χ0) is 23.1. The van der Waals surface area contributed by atoms with Gasteiger partial charge in [-0.25, -0.2) is 18.7 Å². The van der Waals surface area contributed by atoms with Crippen molar-refractivity contribution in [2.24, 2.45) is 5.92 Å². The predicted molar refractivity (Wildman–Crippen MR) is 119 cm³/mol. The van der Waals surface area contributed by atoms with Gasteiger partial charge in [0, 0.05) is 44.5 Å². The third kappa shape index (κ3) is 6.21. The molecular weight excluding hydrogens is 416 g/mol. The van der Waals surface area contributed by atoms with Crippen LogP contribution in [0.4, 0.5) is 14.7 Å². The number of rotatable bonds is 8. The average Bonchev–Trinajstić information content (AvgIpc) is 2.76. The Morgan fingerprint density at radius 2 is 1.75 bits per heavy atom. The van der Waals surface area contributed by atoms with Crippen LogP contribution in [-0.2, 0) is 11.2 Å². The summed E-state index contributed by atoms with van der Waals surface area (Å²) in [5, 5.41) is 14.8. The second-order valence-corrected chi connectivity index (χ2v) is 7.92. The lowest BCUT2D eigenvalue weighted by Crippen LogP contribution is -2.35. The molecule has 2 heterocycles. The Labute approximate surface area is 186 Å². The number of benzene rings is 1. The van der Waals surface area contributed by atoms with E-state index in [-0.39, 0.29) is 11.6 Å². The van der Waals surface area contributed by atoms with Crippen LogP contribution in [0.1, 0.15) is 50.7 Å². The first-order valence-corrected chi connectivity index (χ1v) is 10.9. The topological polar surface area (TPSA) is 95.2 Å². The molecule has 1 aromatic heterocycles. The molecule has 0 radical (unpaired) electrons. The SMILES string of the molecule is CCc1cnc(N2CCC(CCCOc3cc(F)c(C(=N)OC(C)=N)c(F)c3)CC2)nc1. The Bertz CT molecular complexity index is 921. The molecular formula is C23H29F2N5O2. The zero-order valence-electron chi connectivity index (χ0n) is 18.5. The first kappa shape index (κ1) is 23.6. The first-order chi connectivity index (χ1) is 15.4. The van der Waals surface area contributed by atoms with Crippen molar-refractivity contribution in [2.45, 2.75) is 46.0 Å². The van der Waals surface area contributed by atoms with Gasteiger partial charge in [-0.05, 0) is 43.6 Å². The highest BCUT2D eigenvalue weighted by Gasteiger charge is 2.21. The van der Waals surface area contributed by atoms with Crippen LogP contribution in [-0.4, -0.2) is 41.5 Å². The minimum Gasteiger partial charge on any atom is -0.493 e.